The van der Waals surface area contributed by atoms with Gasteiger partial charge in [-0.15, -0.1) is 0 Å². The van der Waals surface area contributed by atoms with E-state index in [0.717, 1.165) is 16.5 Å². The third-order valence-corrected chi connectivity index (χ3v) is 4.92. The van der Waals surface area contributed by atoms with E-state index in [4.69, 9.17) is 0 Å². The number of amides is 1. The molecule has 3 aromatic rings. The highest BCUT2D eigenvalue weighted by Crippen LogP contribution is 2.37. The zero-order valence-corrected chi connectivity index (χ0v) is 13.9. The van der Waals surface area contributed by atoms with Crippen LogP contribution in [-0.2, 0) is 11.3 Å². The van der Waals surface area contributed by atoms with E-state index in [0.29, 0.717) is 24.0 Å². The zero-order valence-electron chi connectivity index (χ0n) is 13.1. The standard InChI is InChI=1S/C19H13FN2O2S/c1-12-18(23)25-19(24)22(12)17-7-3-6-16-15(17)8-9-21(16)11-13-4-2-5-14(20)10-13/h2-10H,1,11H2. The third kappa shape index (κ3) is 2.64. The van der Waals surface area contributed by atoms with Gasteiger partial charge in [-0.3, -0.25) is 14.5 Å². The highest BCUT2D eigenvalue weighted by atomic mass is 32.2. The lowest BCUT2D eigenvalue weighted by atomic mass is 10.2. The van der Waals surface area contributed by atoms with E-state index < -0.39 is 0 Å². The van der Waals surface area contributed by atoms with Crippen LogP contribution in [0.2, 0.25) is 0 Å². The van der Waals surface area contributed by atoms with Crippen molar-refractivity contribution in [2.75, 3.05) is 4.90 Å². The number of rotatable bonds is 3. The molecule has 1 amide bonds. The molecule has 6 heteroatoms. The van der Waals surface area contributed by atoms with Gasteiger partial charge in [0.2, 0.25) is 5.12 Å². The number of nitrogens with zero attached hydrogens (tertiary/aromatic N) is 2. The van der Waals surface area contributed by atoms with Crippen molar-refractivity contribution in [1.82, 2.24) is 4.57 Å². The summed E-state index contributed by atoms with van der Waals surface area (Å²) in [5.41, 5.74) is 2.53. The van der Waals surface area contributed by atoms with Gasteiger partial charge in [0, 0.05) is 29.9 Å². The van der Waals surface area contributed by atoms with Gasteiger partial charge in [-0.1, -0.05) is 24.8 Å². The summed E-state index contributed by atoms with van der Waals surface area (Å²) in [7, 11) is 0. The predicted octanol–water partition coefficient (Wildman–Crippen LogP) is 4.54. The Morgan fingerprint density at radius 1 is 1.08 bits per heavy atom. The predicted molar refractivity (Wildman–Crippen MR) is 97.1 cm³/mol. The largest absolute Gasteiger partial charge is 0.343 e. The van der Waals surface area contributed by atoms with Gasteiger partial charge in [-0.2, -0.15) is 0 Å². The van der Waals surface area contributed by atoms with E-state index in [2.05, 4.69) is 6.58 Å². The van der Waals surface area contributed by atoms with Crippen molar-refractivity contribution in [2.45, 2.75) is 6.54 Å². The minimum absolute atomic E-state index is 0.167. The Hall–Kier alpha value is -2.86. The van der Waals surface area contributed by atoms with Gasteiger partial charge in [0.1, 0.15) is 5.82 Å². The lowest BCUT2D eigenvalue weighted by Crippen LogP contribution is -2.20. The second kappa shape index (κ2) is 5.89. The molecule has 2 aromatic carbocycles. The Labute approximate surface area is 147 Å². The van der Waals surface area contributed by atoms with Crippen molar-refractivity contribution in [2.24, 2.45) is 0 Å². The maximum atomic E-state index is 13.4. The topological polar surface area (TPSA) is 42.3 Å². The molecule has 2 heterocycles. The fourth-order valence-electron chi connectivity index (χ4n) is 3.00. The van der Waals surface area contributed by atoms with Crippen LogP contribution < -0.4 is 4.90 Å². The quantitative estimate of drug-likeness (QED) is 0.650. The van der Waals surface area contributed by atoms with Crippen molar-refractivity contribution in [1.29, 1.82) is 0 Å². The van der Waals surface area contributed by atoms with Crippen LogP contribution in [0, 0.1) is 5.82 Å². The molecular weight excluding hydrogens is 339 g/mol. The molecule has 25 heavy (non-hydrogen) atoms. The molecule has 1 saturated heterocycles. The number of benzene rings is 2. The highest BCUT2D eigenvalue weighted by Gasteiger charge is 2.35. The summed E-state index contributed by atoms with van der Waals surface area (Å²) >= 11 is 0.651. The van der Waals surface area contributed by atoms with Crippen molar-refractivity contribution in [3.63, 3.8) is 0 Å². The maximum Gasteiger partial charge on any atom is 0.298 e. The Balaban J connectivity index is 1.77. The molecule has 0 radical (unpaired) electrons. The molecule has 0 saturated carbocycles. The summed E-state index contributed by atoms with van der Waals surface area (Å²) in [5, 5.41) is 0.158. The number of hydrogen-bond acceptors (Lipinski definition) is 3. The molecule has 0 N–H and O–H groups in total. The molecule has 4 nitrogen and oxygen atoms in total. The highest BCUT2D eigenvalue weighted by molar-refractivity contribution is 8.27. The lowest BCUT2D eigenvalue weighted by molar-refractivity contribution is -0.107. The summed E-state index contributed by atoms with van der Waals surface area (Å²) in [4.78, 5) is 25.2. The first-order valence-electron chi connectivity index (χ1n) is 7.62. The number of aromatic nitrogens is 1. The minimum atomic E-state index is -0.347. The van der Waals surface area contributed by atoms with Crippen molar-refractivity contribution >= 4 is 38.7 Å². The van der Waals surface area contributed by atoms with Gasteiger partial charge < -0.3 is 4.57 Å². The third-order valence-electron chi connectivity index (χ3n) is 4.14. The average Bonchev–Trinajstić information content (AvgIpc) is 3.09. The molecule has 0 atom stereocenters. The molecule has 0 spiro atoms. The van der Waals surface area contributed by atoms with E-state index in [9.17, 15) is 14.0 Å². The summed E-state index contributed by atoms with van der Waals surface area (Å²) in [6.45, 7) is 4.23. The van der Waals surface area contributed by atoms with Crippen LogP contribution >= 0.6 is 11.8 Å². The second-order valence-electron chi connectivity index (χ2n) is 5.72. The molecule has 4 rings (SSSR count). The van der Waals surface area contributed by atoms with Gasteiger partial charge in [0.15, 0.2) is 0 Å². The Bertz CT molecular complexity index is 1040. The van der Waals surface area contributed by atoms with E-state index in [1.165, 1.54) is 17.0 Å². The van der Waals surface area contributed by atoms with Gasteiger partial charge in [0.05, 0.1) is 16.9 Å². The molecule has 1 fully saturated rings. The normalized spacial score (nSPS) is 14.8. The summed E-state index contributed by atoms with van der Waals surface area (Å²) in [6, 6.07) is 13.9. The van der Waals surface area contributed by atoms with Crippen LogP contribution in [0.1, 0.15) is 5.56 Å². The number of halogens is 1. The van der Waals surface area contributed by atoms with E-state index >= 15 is 0 Å². The van der Waals surface area contributed by atoms with Crippen molar-refractivity contribution in [3.05, 3.63) is 78.4 Å². The Morgan fingerprint density at radius 3 is 2.60 bits per heavy atom. The van der Waals surface area contributed by atoms with Crippen molar-refractivity contribution in [3.8, 4) is 0 Å². The number of carbonyl (C=O) groups is 2. The average molecular weight is 352 g/mol. The Kier molecular flexibility index (Phi) is 3.69. The Morgan fingerprint density at radius 2 is 1.88 bits per heavy atom. The number of carbonyl (C=O) groups excluding carboxylic acids is 2. The molecule has 0 unspecified atom stereocenters. The first-order valence-corrected chi connectivity index (χ1v) is 8.44. The number of fused-ring (bicyclic) bond motifs is 1. The molecule has 1 aliphatic rings. The van der Waals surface area contributed by atoms with Crippen LogP contribution in [-0.4, -0.2) is 14.9 Å². The molecule has 0 aliphatic carbocycles. The van der Waals surface area contributed by atoms with Gasteiger partial charge in [0.25, 0.3) is 5.24 Å². The van der Waals surface area contributed by atoms with E-state index in [-0.39, 0.29) is 21.9 Å². The van der Waals surface area contributed by atoms with E-state index in [1.807, 2.05) is 35.0 Å². The zero-order chi connectivity index (χ0) is 17.6. The number of hydrogen-bond donors (Lipinski definition) is 0. The van der Waals surface area contributed by atoms with Crippen LogP contribution in [0.25, 0.3) is 10.9 Å². The molecule has 1 aliphatic heterocycles. The smallest absolute Gasteiger partial charge is 0.298 e. The van der Waals surface area contributed by atoms with Crippen LogP contribution in [0.4, 0.5) is 14.9 Å². The molecule has 1 aromatic heterocycles. The number of anilines is 1. The van der Waals surface area contributed by atoms with Crippen LogP contribution in [0.5, 0.6) is 0 Å². The lowest BCUT2D eigenvalue weighted by Gasteiger charge is -2.16. The fraction of sp³-hybridized carbons (Fsp3) is 0.0526. The first kappa shape index (κ1) is 15.7. The summed E-state index contributed by atoms with van der Waals surface area (Å²) < 4.78 is 15.4. The van der Waals surface area contributed by atoms with Gasteiger partial charge in [-0.25, -0.2) is 4.39 Å². The summed E-state index contributed by atoms with van der Waals surface area (Å²) in [5.74, 6) is -0.274. The summed E-state index contributed by atoms with van der Waals surface area (Å²) in [6.07, 6.45) is 1.89. The second-order valence-corrected chi connectivity index (χ2v) is 6.65. The molecule has 0 bridgehead atoms. The van der Waals surface area contributed by atoms with Crippen LogP contribution in [0.15, 0.2) is 67.0 Å². The first-order chi connectivity index (χ1) is 12.0. The van der Waals surface area contributed by atoms with Crippen molar-refractivity contribution < 1.29 is 14.0 Å². The monoisotopic (exact) mass is 352 g/mol. The number of thioether (sulfide) groups is 1. The van der Waals surface area contributed by atoms with Crippen LogP contribution in [0.3, 0.4) is 0 Å². The maximum absolute atomic E-state index is 13.4. The van der Waals surface area contributed by atoms with E-state index in [1.54, 1.807) is 12.1 Å². The van der Waals surface area contributed by atoms with Gasteiger partial charge in [-0.05, 0) is 35.9 Å². The van der Waals surface area contributed by atoms with Gasteiger partial charge >= 0.3 is 0 Å². The molecular formula is C19H13FN2O2S. The SMILES string of the molecule is C=C1C(=O)SC(=O)N1c1cccc2c1ccn2Cc1cccc(F)c1. The fourth-order valence-corrected chi connectivity index (χ4v) is 3.67. The minimum Gasteiger partial charge on any atom is -0.343 e. The molecule has 124 valence electrons.